The lowest BCUT2D eigenvalue weighted by molar-refractivity contribution is -0.384. The van der Waals surface area contributed by atoms with Gasteiger partial charge >= 0.3 is 0 Å². The summed E-state index contributed by atoms with van der Waals surface area (Å²) < 4.78 is 10.5. The van der Waals surface area contributed by atoms with E-state index in [0.717, 1.165) is 37.0 Å². The third-order valence-electron chi connectivity index (χ3n) is 5.71. The number of hydrogen-bond acceptors (Lipinski definition) is 6. The number of fused-ring (bicyclic) bond motifs is 1. The molecule has 31 heavy (non-hydrogen) atoms. The molecule has 2 atom stereocenters. The van der Waals surface area contributed by atoms with Crippen molar-refractivity contribution in [2.24, 2.45) is 0 Å². The highest BCUT2D eigenvalue weighted by Crippen LogP contribution is 2.33. The van der Waals surface area contributed by atoms with Crippen molar-refractivity contribution in [3.63, 3.8) is 0 Å². The summed E-state index contributed by atoms with van der Waals surface area (Å²) in [4.78, 5) is 31.3. The summed E-state index contributed by atoms with van der Waals surface area (Å²) in [5.41, 5.74) is 1.86. The second kappa shape index (κ2) is 8.63. The summed E-state index contributed by atoms with van der Waals surface area (Å²) in [6.07, 6.45) is 3.53. The van der Waals surface area contributed by atoms with Crippen LogP contribution in [0.15, 0.2) is 36.4 Å². The van der Waals surface area contributed by atoms with Crippen molar-refractivity contribution < 1.29 is 19.2 Å². The van der Waals surface area contributed by atoms with Gasteiger partial charge in [-0.15, -0.1) is 0 Å². The molecule has 1 aromatic heterocycles. The number of nitrogens with one attached hydrogen (secondary N) is 2. The van der Waals surface area contributed by atoms with Crippen molar-refractivity contribution in [3.05, 3.63) is 57.9 Å². The van der Waals surface area contributed by atoms with E-state index in [2.05, 4.69) is 15.3 Å². The molecule has 0 bridgehead atoms. The van der Waals surface area contributed by atoms with Gasteiger partial charge < -0.3 is 19.8 Å². The Morgan fingerprint density at radius 1 is 1.16 bits per heavy atom. The Bertz CT molecular complexity index is 1100. The molecule has 0 radical (unpaired) electrons. The van der Waals surface area contributed by atoms with E-state index >= 15 is 0 Å². The molecule has 0 saturated heterocycles. The van der Waals surface area contributed by atoms with E-state index < -0.39 is 4.92 Å². The molecular weight excluding hydrogens is 400 g/mol. The van der Waals surface area contributed by atoms with Gasteiger partial charge in [0.2, 0.25) is 0 Å². The van der Waals surface area contributed by atoms with Crippen molar-refractivity contribution in [1.29, 1.82) is 0 Å². The number of rotatable bonds is 6. The third-order valence-corrected chi connectivity index (χ3v) is 5.71. The number of aromatic amines is 1. The summed E-state index contributed by atoms with van der Waals surface area (Å²) in [7, 11) is 3.09. The average Bonchev–Trinajstić information content (AvgIpc) is 3.22. The number of carbonyl (C=O) groups excluding carboxylic acids is 1. The zero-order chi connectivity index (χ0) is 22.0. The minimum atomic E-state index is -0.423. The fourth-order valence-corrected chi connectivity index (χ4v) is 4.10. The molecule has 1 aliphatic carbocycles. The first-order valence-corrected chi connectivity index (χ1v) is 10.1. The van der Waals surface area contributed by atoms with Crippen molar-refractivity contribution in [2.45, 2.75) is 37.6 Å². The Labute approximate surface area is 178 Å². The van der Waals surface area contributed by atoms with Crippen LogP contribution in [0.4, 0.5) is 5.69 Å². The molecule has 2 aromatic carbocycles. The SMILES string of the molecule is COc1cc(OC)cc(C(=O)NC2CCCC(c3nc4cc([N+](=O)[O-])ccc4[nH]3)C2)c1. The fraction of sp³-hybridized carbons (Fsp3) is 0.364. The quantitative estimate of drug-likeness (QED) is 0.457. The zero-order valence-electron chi connectivity index (χ0n) is 17.4. The second-order valence-corrected chi connectivity index (χ2v) is 7.72. The molecule has 3 aromatic rings. The van der Waals surface area contributed by atoms with Crippen molar-refractivity contribution in [1.82, 2.24) is 15.3 Å². The largest absolute Gasteiger partial charge is 0.497 e. The highest BCUT2D eigenvalue weighted by molar-refractivity contribution is 5.95. The number of benzene rings is 2. The molecule has 0 aliphatic heterocycles. The van der Waals surface area contributed by atoms with Crippen LogP contribution < -0.4 is 14.8 Å². The van der Waals surface area contributed by atoms with E-state index in [0.29, 0.717) is 22.6 Å². The number of carbonyl (C=O) groups is 1. The van der Waals surface area contributed by atoms with Gasteiger partial charge in [-0.2, -0.15) is 0 Å². The number of amides is 1. The average molecular weight is 424 g/mol. The van der Waals surface area contributed by atoms with Crippen LogP contribution in [-0.4, -0.2) is 41.1 Å². The number of non-ortho nitro benzene ring substituents is 1. The van der Waals surface area contributed by atoms with Crippen LogP contribution in [0.2, 0.25) is 0 Å². The highest BCUT2D eigenvalue weighted by atomic mass is 16.6. The van der Waals surface area contributed by atoms with Crippen molar-refractivity contribution in [3.8, 4) is 11.5 Å². The van der Waals surface area contributed by atoms with Crippen LogP contribution in [0.1, 0.15) is 47.8 Å². The van der Waals surface area contributed by atoms with Crippen LogP contribution >= 0.6 is 0 Å². The minimum Gasteiger partial charge on any atom is -0.497 e. The molecule has 4 rings (SSSR count). The Balaban J connectivity index is 1.48. The Morgan fingerprint density at radius 3 is 2.58 bits per heavy atom. The second-order valence-electron chi connectivity index (χ2n) is 7.72. The Kier molecular flexibility index (Phi) is 5.75. The standard InChI is InChI=1S/C22H24N4O5/c1-30-17-9-14(10-18(12-17)31-2)22(27)23-15-5-3-4-13(8-15)21-24-19-7-6-16(26(28)29)11-20(19)25-21/h6-7,9-13,15H,3-5,8H2,1-2H3,(H,23,27)(H,24,25). The van der Waals surface area contributed by atoms with Crippen molar-refractivity contribution in [2.75, 3.05) is 14.2 Å². The van der Waals surface area contributed by atoms with Gasteiger partial charge in [0.25, 0.3) is 11.6 Å². The first-order valence-electron chi connectivity index (χ1n) is 10.1. The highest BCUT2D eigenvalue weighted by Gasteiger charge is 2.27. The molecule has 2 N–H and O–H groups in total. The molecule has 1 amide bonds. The molecule has 0 spiro atoms. The first-order chi connectivity index (χ1) is 15.0. The number of nitrogens with zero attached hydrogens (tertiary/aromatic N) is 2. The number of methoxy groups -OCH3 is 2. The summed E-state index contributed by atoms with van der Waals surface area (Å²) in [6, 6.07) is 9.73. The van der Waals surface area contributed by atoms with E-state index in [-0.39, 0.29) is 23.6 Å². The molecular formula is C22H24N4O5. The van der Waals surface area contributed by atoms with Gasteiger partial charge in [0, 0.05) is 35.7 Å². The van der Waals surface area contributed by atoms with Crippen LogP contribution in [0.5, 0.6) is 11.5 Å². The fourth-order valence-electron chi connectivity index (χ4n) is 4.10. The molecule has 1 fully saturated rings. The van der Waals surface area contributed by atoms with Gasteiger partial charge in [-0.1, -0.05) is 6.42 Å². The van der Waals surface area contributed by atoms with Crippen LogP contribution in [0, 0.1) is 10.1 Å². The van der Waals surface area contributed by atoms with Crippen molar-refractivity contribution >= 4 is 22.6 Å². The molecule has 9 nitrogen and oxygen atoms in total. The maximum atomic E-state index is 12.8. The number of hydrogen-bond donors (Lipinski definition) is 2. The van der Waals surface area contributed by atoms with E-state index in [9.17, 15) is 14.9 Å². The van der Waals surface area contributed by atoms with Crippen LogP contribution in [0.3, 0.4) is 0 Å². The monoisotopic (exact) mass is 424 g/mol. The van der Waals surface area contributed by atoms with Crippen LogP contribution in [0.25, 0.3) is 11.0 Å². The minimum absolute atomic E-state index is 0.00555. The Hall–Kier alpha value is -3.62. The number of nitro benzene ring substituents is 1. The van der Waals surface area contributed by atoms with Crippen LogP contribution in [-0.2, 0) is 0 Å². The third kappa shape index (κ3) is 4.45. The van der Waals surface area contributed by atoms with Gasteiger partial charge in [0.15, 0.2) is 0 Å². The molecule has 162 valence electrons. The number of imidazole rings is 1. The number of H-pyrrole nitrogens is 1. The van der Waals surface area contributed by atoms with Gasteiger partial charge in [-0.05, 0) is 37.5 Å². The lowest BCUT2D eigenvalue weighted by Crippen LogP contribution is -2.38. The normalized spacial score (nSPS) is 18.5. The number of ether oxygens (including phenoxy) is 2. The van der Waals surface area contributed by atoms with Gasteiger partial charge in [0.1, 0.15) is 17.3 Å². The summed E-state index contributed by atoms with van der Waals surface area (Å²) >= 11 is 0. The van der Waals surface area contributed by atoms with Gasteiger partial charge in [-0.3, -0.25) is 14.9 Å². The predicted molar refractivity (Wildman–Crippen MR) is 115 cm³/mol. The maximum absolute atomic E-state index is 12.8. The Morgan fingerprint density at radius 2 is 1.90 bits per heavy atom. The predicted octanol–water partition coefficient (Wildman–Crippen LogP) is 3.94. The topological polar surface area (TPSA) is 119 Å². The van der Waals surface area contributed by atoms with E-state index in [1.54, 1.807) is 38.5 Å². The van der Waals surface area contributed by atoms with E-state index in [4.69, 9.17) is 9.47 Å². The molecule has 1 saturated carbocycles. The molecule has 1 heterocycles. The molecule has 9 heteroatoms. The smallest absolute Gasteiger partial charge is 0.271 e. The summed E-state index contributed by atoms with van der Waals surface area (Å²) in [5, 5.41) is 14.1. The summed E-state index contributed by atoms with van der Waals surface area (Å²) in [6.45, 7) is 0. The first kappa shape index (κ1) is 20.6. The van der Waals surface area contributed by atoms with Gasteiger partial charge in [0.05, 0.1) is 30.2 Å². The number of aromatic nitrogens is 2. The number of nitro groups is 1. The molecule has 2 unspecified atom stereocenters. The van der Waals surface area contributed by atoms with E-state index in [1.807, 2.05) is 0 Å². The maximum Gasteiger partial charge on any atom is 0.271 e. The lowest BCUT2D eigenvalue weighted by atomic mass is 9.85. The van der Waals surface area contributed by atoms with E-state index in [1.165, 1.54) is 12.1 Å². The zero-order valence-corrected chi connectivity index (χ0v) is 17.4. The summed E-state index contributed by atoms with van der Waals surface area (Å²) in [5.74, 6) is 1.88. The lowest BCUT2D eigenvalue weighted by Gasteiger charge is -2.28. The van der Waals surface area contributed by atoms with Gasteiger partial charge in [-0.25, -0.2) is 4.98 Å². The molecule has 1 aliphatic rings.